The molecule has 0 saturated carbocycles. The Morgan fingerprint density at radius 1 is 1.50 bits per heavy atom. The summed E-state index contributed by atoms with van der Waals surface area (Å²) >= 11 is 3.36. The minimum atomic E-state index is 0.0642. The van der Waals surface area contributed by atoms with Crippen LogP contribution in [0.15, 0.2) is 16.7 Å². The van der Waals surface area contributed by atoms with Crippen LogP contribution < -0.4 is 0 Å². The highest BCUT2D eigenvalue weighted by molar-refractivity contribution is 9.10. The van der Waals surface area contributed by atoms with Crippen LogP contribution in [0, 0.1) is 5.41 Å². The number of amides is 1. The first-order valence-corrected chi connectivity index (χ1v) is 6.08. The summed E-state index contributed by atoms with van der Waals surface area (Å²) < 4.78 is 0.854. The maximum absolute atomic E-state index is 12.1. The second-order valence-corrected chi connectivity index (χ2v) is 6.07. The standard InChI is InChI=1S/C12H15BrN2O/c1-12(2)5-10-9(4-8(13)6-14-10)11(16)15(3)7-12/h4,6H,5,7H2,1-3H3. The van der Waals surface area contributed by atoms with E-state index in [4.69, 9.17) is 0 Å². The van der Waals surface area contributed by atoms with Gasteiger partial charge in [0.25, 0.3) is 5.91 Å². The second-order valence-electron chi connectivity index (χ2n) is 5.15. The van der Waals surface area contributed by atoms with Crippen LogP contribution in [0.5, 0.6) is 0 Å². The number of aromatic nitrogens is 1. The zero-order valence-corrected chi connectivity index (χ0v) is 11.3. The Morgan fingerprint density at radius 2 is 2.19 bits per heavy atom. The molecule has 1 aromatic rings. The summed E-state index contributed by atoms with van der Waals surface area (Å²) in [6.07, 6.45) is 2.60. The minimum absolute atomic E-state index is 0.0642. The zero-order valence-electron chi connectivity index (χ0n) is 9.75. The molecule has 0 bridgehead atoms. The third kappa shape index (κ3) is 2.12. The zero-order chi connectivity index (χ0) is 11.9. The first kappa shape index (κ1) is 11.6. The number of carbonyl (C=O) groups excluding carboxylic acids is 1. The smallest absolute Gasteiger partial charge is 0.255 e. The van der Waals surface area contributed by atoms with E-state index in [-0.39, 0.29) is 11.3 Å². The third-order valence-electron chi connectivity index (χ3n) is 2.83. The third-order valence-corrected chi connectivity index (χ3v) is 3.26. The minimum Gasteiger partial charge on any atom is -0.341 e. The van der Waals surface area contributed by atoms with E-state index in [1.165, 1.54) is 0 Å². The number of hydrogen-bond acceptors (Lipinski definition) is 2. The Hall–Kier alpha value is -0.900. The average Bonchev–Trinajstić information content (AvgIpc) is 2.25. The van der Waals surface area contributed by atoms with Gasteiger partial charge in [0.1, 0.15) is 0 Å². The SMILES string of the molecule is CN1CC(C)(C)Cc2ncc(Br)cc2C1=O. The monoisotopic (exact) mass is 282 g/mol. The van der Waals surface area contributed by atoms with Crippen molar-refractivity contribution in [2.75, 3.05) is 13.6 Å². The number of rotatable bonds is 0. The van der Waals surface area contributed by atoms with E-state index in [0.717, 1.165) is 28.7 Å². The molecule has 4 heteroatoms. The Balaban J connectivity index is 2.54. The van der Waals surface area contributed by atoms with E-state index in [9.17, 15) is 4.79 Å². The lowest BCUT2D eigenvalue weighted by atomic mass is 9.87. The summed E-state index contributed by atoms with van der Waals surface area (Å²) in [5, 5.41) is 0. The quantitative estimate of drug-likeness (QED) is 0.733. The molecule has 2 heterocycles. The van der Waals surface area contributed by atoms with Gasteiger partial charge in [-0.1, -0.05) is 13.8 Å². The van der Waals surface area contributed by atoms with Crippen molar-refractivity contribution in [3.63, 3.8) is 0 Å². The van der Waals surface area contributed by atoms with Crippen molar-refractivity contribution in [1.82, 2.24) is 9.88 Å². The summed E-state index contributed by atoms with van der Waals surface area (Å²) in [5.41, 5.74) is 1.71. The highest BCUT2D eigenvalue weighted by atomic mass is 79.9. The summed E-state index contributed by atoms with van der Waals surface area (Å²) in [6, 6.07) is 1.86. The molecule has 3 nitrogen and oxygen atoms in total. The first-order valence-electron chi connectivity index (χ1n) is 5.29. The molecule has 0 radical (unpaired) electrons. The Bertz CT molecular complexity index is 443. The molecule has 1 amide bonds. The molecular weight excluding hydrogens is 268 g/mol. The Morgan fingerprint density at radius 3 is 2.88 bits per heavy atom. The molecule has 2 rings (SSSR count). The number of nitrogens with zero attached hydrogens (tertiary/aromatic N) is 2. The van der Waals surface area contributed by atoms with Crippen molar-refractivity contribution < 1.29 is 4.79 Å². The van der Waals surface area contributed by atoms with Crippen LogP contribution >= 0.6 is 15.9 Å². The molecule has 0 aromatic carbocycles. The molecule has 1 aliphatic rings. The van der Waals surface area contributed by atoms with Gasteiger partial charge in [-0.05, 0) is 33.8 Å². The van der Waals surface area contributed by atoms with Gasteiger partial charge in [0.2, 0.25) is 0 Å². The van der Waals surface area contributed by atoms with Crippen molar-refractivity contribution in [2.45, 2.75) is 20.3 Å². The van der Waals surface area contributed by atoms with Gasteiger partial charge in [0, 0.05) is 24.3 Å². The van der Waals surface area contributed by atoms with E-state index < -0.39 is 0 Å². The molecule has 1 aromatic heterocycles. The fourth-order valence-electron chi connectivity index (χ4n) is 2.22. The van der Waals surface area contributed by atoms with Gasteiger partial charge >= 0.3 is 0 Å². The molecule has 0 saturated heterocycles. The Kier molecular flexibility index (Phi) is 2.78. The topological polar surface area (TPSA) is 33.2 Å². The van der Waals surface area contributed by atoms with Gasteiger partial charge in [-0.3, -0.25) is 9.78 Å². The summed E-state index contributed by atoms with van der Waals surface area (Å²) in [6.45, 7) is 5.09. The van der Waals surface area contributed by atoms with E-state index in [2.05, 4.69) is 34.8 Å². The average molecular weight is 283 g/mol. The van der Waals surface area contributed by atoms with Crippen LogP contribution in [-0.2, 0) is 6.42 Å². The number of hydrogen-bond donors (Lipinski definition) is 0. The van der Waals surface area contributed by atoms with Crippen LogP contribution in [0.25, 0.3) is 0 Å². The van der Waals surface area contributed by atoms with Crippen LogP contribution in [0.3, 0.4) is 0 Å². The fourth-order valence-corrected chi connectivity index (χ4v) is 2.55. The van der Waals surface area contributed by atoms with Crippen molar-refractivity contribution in [1.29, 1.82) is 0 Å². The van der Waals surface area contributed by atoms with E-state index in [1.54, 1.807) is 11.1 Å². The normalized spacial score (nSPS) is 19.2. The number of fused-ring (bicyclic) bond motifs is 1. The largest absolute Gasteiger partial charge is 0.341 e. The maximum Gasteiger partial charge on any atom is 0.255 e. The lowest BCUT2D eigenvalue weighted by Crippen LogP contribution is -2.33. The van der Waals surface area contributed by atoms with Crippen LogP contribution in [0.1, 0.15) is 29.9 Å². The first-order chi connectivity index (χ1) is 7.39. The van der Waals surface area contributed by atoms with Crippen molar-refractivity contribution in [3.8, 4) is 0 Å². The van der Waals surface area contributed by atoms with Gasteiger partial charge < -0.3 is 4.90 Å². The van der Waals surface area contributed by atoms with Gasteiger partial charge in [-0.15, -0.1) is 0 Å². The molecule has 0 atom stereocenters. The molecule has 0 unspecified atom stereocenters. The fraction of sp³-hybridized carbons (Fsp3) is 0.500. The number of halogens is 1. The number of pyridine rings is 1. The highest BCUT2D eigenvalue weighted by Gasteiger charge is 2.31. The lowest BCUT2D eigenvalue weighted by Gasteiger charge is -2.26. The summed E-state index contributed by atoms with van der Waals surface area (Å²) in [5.74, 6) is 0.0642. The molecule has 0 N–H and O–H groups in total. The van der Waals surface area contributed by atoms with Crippen molar-refractivity contribution >= 4 is 21.8 Å². The van der Waals surface area contributed by atoms with Crippen LogP contribution in [0.2, 0.25) is 0 Å². The van der Waals surface area contributed by atoms with Crippen molar-refractivity contribution in [2.24, 2.45) is 5.41 Å². The van der Waals surface area contributed by atoms with E-state index in [0.29, 0.717) is 0 Å². The molecule has 86 valence electrons. The van der Waals surface area contributed by atoms with Gasteiger partial charge in [-0.25, -0.2) is 0 Å². The predicted octanol–water partition coefficient (Wildman–Crippen LogP) is 2.50. The molecule has 0 spiro atoms. The lowest BCUT2D eigenvalue weighted by molar-refractivity contribution is 0.0754. The highest BCUT2D eigenvalue weighted by Crippen LogP contribution is 2.29. The molecule has 0 aliphatic carbocycles. The maximum atomic E-state index is 12.1. The van der Waals surface area contributed by atoms with Crippen LogP contribution in [0.4, 0.5) is 0 Å². The van der Waals surface area contributed by atoms with E-state index >= 15 is 0 Å². The molecule has 16 heavy (non-hydrogen) atoms. The van der Waals surface area contributed by atoms with Gasteiger partial charge in [0.05, 0.1) is 11.3 Å². The molecule has 1 aliphatic heterocycles. The van der Waals surface area contributed by atoms with E-state index in [1.807, 2.05) is 13.1 Å². The Labute approximate surface area is 104 Å². The molecular formula is C12H15BrN2O. The molecule has 0 fully saturated rings. The summed E-state index contributed by atoms with van der Waals surface area (Å²) in [4.78, 5) is 18.3. The van der Waals surface area contributed by atoms with Crippen molar-refractivity contribution in [3.05, 3.63) is 28.0 Å². The number of carbonyl (C=O) groups is 1. The predicted molar refractivity (Wildman–Crippen MR) is 66.4 cm³/mol. The summed E-state index contributed by atoms with van der Waals surface area (Å²) in [7, 11) is 1.85. The van der Waals surface area contributed by atoms with Crippen LogP contribution in [-0.4, -0.2) is 29.4 Å². The van der Waals surface area contributed by atoms with Gasteiger partial charge in [-0.2, -0.15) is 0 Å². The van der Waals surface area contributed by atoms with Gasteiger partial charge in [0.15, 0.2) is 0 Å². The second kappa shape index (κ2) is 3.84.